The molecule has 1 heterocycles. The Balaban J connectivity index is 1.92. The summed E-state index contributed by atoms with van der Waals surface area (Å²) in [6.07, 6.45) is 5.80. The monoisotopic (exact) mass is 277 g/mol. The molecule has 0 aliphatic carbocycles. The average Bonchev–Trinajstić information content (AvgIpc) is 2.57. The lowest BCUT2D eigenvalue weighted by Crippen LogP contribution is -2.36. The Morgan fingerprint density at radius 1 is 0.857 bits per heavy atom. The van der Waals surface area contributed by atoms with Crippen LogP contribution in [0.4, 0.5) is 0 Å². The Bertz CT molecular complexity index is 513. The topological polar surface area (TPSA) is 3.24 Å². The molecule has 0 N–H and O–H groups in total. The SMILES string of the molecule is C=CCN1[C@H](c2ccccc2)CCC[C@H]1c1ccccc1. The zero-order valence-corrected chi connectivity index (χ0v) is 12.5. The van der Waals surface area contributed by atoms with Crippen molar-refractivity contribution >= 4 is 0 Å². The molecule has 3 rings (SSSR count). The van der Waals surface area contributed by atoms with Gasteiger partial charge in [-0.05, 0) is 30.4 Å². The maximum absolute atomic E-state index is 3.97. The highest BCUT2D eigenvalue weighted by atomic mass is 15.2. The summed E-state index contributed by atoms with van der Waals surface area (Å²) in [5.74, 6) is 0. The molecule has 0 bridgehead atoms. The number of piperidine rings is 1. The summed E-state index contributed by atoms with van der Waals surface area (Å²) in [6, 6.07) is 22.8. The minimum Gasteiger partial charge on any atom is -0.286 e. The molecule has 0 radical (unpaired) electrons. The summed E-state index contributed by atoms with van der Waals surface area (Å²) in [4.78, 5) is 2.61. The van der Waals surface area contributed by atoms with Crippen molar-refractivity contribution in [2.45, 2.75) is 31.3 Å². The van der Waals surface area contributed by atoms with E-state index in [-0.39, 0.29) is 0 Å². The highest BCUT2D eigenvalue weighted by Gasteiger charge is 2.31. The number of likely N-dealkylation sites (tertiary alicyclic amines) is 1. The van der Waals surface area contributed by atoms with Gasteiger partial charge in [-0.2, -0.15) is 0 Å². The lowest BCUT2D eigenvalue weighted by molar-refractivity contribution is 0.0963. The number of hydrogen-bond donors (Lipinski definition) is 0. The molecule has 1 fully saturated rings. The molecule has 2 aromatic carbocycles. The first-order chi connectivity index (χ1) is 10.4. The number of rotatable bonds is 4. The molecule has 0 saturated carbocycles. The van der Waals surface area contributed by atoms with Gasteiger partial charge < -0.3 is 0 Å². The van der Waals surface area contributed by atoms with Crippen molar-refractivity contribution in [2.75, 3.05) is 6.54 Å². The first kappa shape index (κ1) is 14.1. The second kappa shape index (κ2) is 6.73. The van der Waals surface area contributed by atoms with Crippen LogP contribution in [0.5, 0.6) is 0 Å². The van der Waals surface area contributed by atoms with Crippen molar-refractivity contribution < 1.29 is 0 Å². The van der Waals surface area contributed by atoms with E-state index < -0.39 is 0 Å². The van der Waals surface area contributed by atoms with Crippen molar-refractivity contribution in [3.05, 3.63) is 84.4 Å². The van der Waals surface area contributed by atoms with Crippen LogP contribution >= 0.6 is 0 Å². The molecule has 0 unspecified atom stereocenters. The lowest BCUT2D eigenvalue weighted by Gasteiger charge is -2.42. The van der Waals surface area contributed by atoms with E-state index >= 15 is 0 Å². The van der Waals surface area contributed by atoms with Crippen LogP contribution in [-0.4, -0.2) is 11.4 Å². The van der Waals surface area contributed by atoms with Crippen molar-refractivity contribution in [1.82, 2.24) is 4.90 Å². The highest BCUT2D eigenvalue weighted by Crippen LogP contribution is 2.41. The quantitative estimate of drug-likeness (QED) is 0.699. The Hall–Kier alpha value is -1.86. The van der Waals surface area contributed by atoms with Crippen molar-refractivity contribution in [2.24, 2.45) is 0 Å². The van der Waals surface area contributed by atoms with E-state index in [1.165, 1.54) is 30.4 Å². The number of benzene rings is 2. The average molecular weight is 277 g/mol. The molecule has 0 aromatic heterocycles. The van der Waals surface area contributed by atoms with Crippen molar-refractivity contribution in [3.63, 3.8) is 0 Å². The first-order valence-corrected chi connectivity index (χ1v) is 7.86. The van der Waals surface area contributed by atoms with Gasteiger partial charge in [0, 0.05) is 18.6 Å². The van der Waals surface area contributed by atoms with E-state index in [9.17, 15) is 0 Å². The Morgan fingerprint density at radius 3 is 1.76 bits per heavy atom. The minimum atomic E-state index is 0.503. The number of hydrogen-bond acceptors (Lipinski definition) is 1. The molecule has 0 spiro atoms. The van der Waals surface area contributed by atoms with E-state index in [1.807, 2.05) is 6.08 Å². The summed E-state index contributed by atoms with van der Waals surface area (Å²) < 4.78 is 0. The van der Waals surface area contributed by atoms with Gasteiger partial charge in [0.15, 0.2) is 0 Å². The molecular formula is C20H23N. The van der Waals surface area contributed by atoms with E-state index in [1.54, 1.807) is 0 Å². The maximum Gasteiger partial charge on any atom is 0.0357 e. The van der Waals surface area contributed by atoms with Gasteiger partial charge in [0.05, 0.1) is 0 Å². The summed E-state index contributed by atoms with van der Waals surface area (Å²) in [5, 5.41) is 0. The van der Waals surface area contributed by atoms with Gasteiger partial charge in [0.25, 0.3) is 0 Å². The van der Waals surface area contributed by atoms with Gasteiger partial charge in [-0.1, -0.05) is 66.7 Å². The third-order valence-electron chi connectivity index (χ3n) is 4.46. The molecular weight excluding hydrogens is 254 g/mol. The van der Waals surface area contributed by atoms with E-state index in [0.29, 0.717) is 12.1 Å². The number of nitrogens with zero attached hydrogens (tertiary/aromatic N) is 1. The fourth-order valence-corrected chi connectivity index (χ4v) is 3.52. The van der Waals surface area contributed by atoms with Crippen LogP contribution in [0.3, 0.4) is 0 Å². The first-order valence-electron chi connectivity index (χ1n) is 7.86. The van der Waals surface area contributed by atoms with Crippen LogP contribution < -0.4 is 0 Å². The molecule has 1 aliphatic heterocycles. The molecule has 1 heteroatoms. The Labute approximate surface area is 127 Å². The summed E-state index contributed by atoms with van der Waals surface area (Å²) >= 11 is 0. The zero-order valence-electron chi connectivity index (χ0n) is 12.5. The van der Waals surface area contributed by atoms with Crippen LogP contribution in [0.15, 0.2) is 73.3 Å². The highest BCUT2D eigenvalue weighted by molar-refractivity contribution is 5.24. The summed E-state index contributed by atoms with van der Waals surface area (Å²) in [7, 11) is 0. The molecule has 1 aliphatic rings. The molecule has 108 valence electrons. The predicted molar refractivity (Wildman–Crippen MR) is 89.1 cm³/mol. The Kier molecular flexibility index (Phi) is 4.52. The lowest BCUT2D eigenvalue weighted by atomic mass is 9.87. The van der Waals surface area contributed by atoms with Crippen LogP contribution in [0.25, 0.3) is 0 Å². The van der Waals surface area contributed by atoms with Gasteiger partial charge in [-0.25, -0.2) is 0 Å². The van der Waals surface area contributed by atoms with Crippen LogP contribution in [-0.2, 0) is 0 Å². The van der Waals surface area contributed by atoms with Gasteiger partial charge in [0.1, 0.15) is 0 Å². The third kappa shape index (κ3) is 3.08. The zero-order chi connectivity index (χ0) is 14.5. The summed E-state index contributed by atoms with van der Waals surface area (Å²) in [6.45, 7) is 4.91. The van der Waals surface area contributed by atoms with Crippen molar-refractivity contribution in [1.29, 1.82) is 0 Å². The maximum atomic E-state index is 3.97. The fourth-order valence-electron chi connectivity index (χ4n) is 3.52. The largest absolute Gasteiger partial charge is 0.286 e. The van der Waals surface area contributed by atoms with Gasteiger partial charge in [-0.15, -0.1) is 6.58 Å². The van der Waals surface area contributed by atoms with Crippen molar-refractivity contribution in [3.8, 4) is 0 Å². The minimum absolute atomic E-state index is 0.503. The fraction of sp³-hybridized carbons (Fsp3) is 0.300. The smallest absolute Gasteiger partial charge is 0.0357 e. The Morgan fingerprint density at radius 2 is 1.33 bits per heavy atom. The molecule has 1 nitrogen and oxygen atoms in total. The second-order valence-corrected chi connectivity index (χ2v) is 5.77. The second-order valence-electron chi connectivity index (χ2n) is 5.77. The molecule has 2 aromatic rings. The molecule has 2 atom stereocenters. The molecule has 21 heavy (non-hydrogen) atoms. The third-order valence-corrected chi connectivity index (χ3v) is 4.46. The van der Waals surface area contributed by atoms with Crippen LogP contribution in [0.1, 0.15) is 42.5 Å². The van der Waals surface area contributed by atoms with Crippen LogP contribution in [0, 0.1) is 0 Å². The van der Waals surface area contributed by atoms with E-state index in [4.69, 9.17) is 0 Å². The van der Waals surface area contributed by atoms with E-state index in [2.05, 4.69) is 72.1 Å². The predicted octanol–water partition coefficient (Wildman–Crippen LogP) is 5.14. The van der Waals surface area contributed by atoms with Gasteiger partial charge >= 0.3 is 0 Å². The van der Waals surface area contributed by atoms with E-state index in [0.717, 1.165) is 6.54 Å². The van der Waals surface area contributed by atoms with Gasteiger partial charge in [0.2, 0.25) is 0 Å². The summed E-state index contributed by atoms with van der Waals surface area (Å²) in [5.41, 5.74) is 2.86. The normalized spacial score (nSPS) is 22.9. The standard InChI is InChI=1S/C20H23N/c1-2-16-21-19(17-10-5-3-6-11-17)14-9-15-20(21)18-12-7-4-8-13-18/h2-8,10-13,19-20H,1,9,14-16H2/t19-,20-/m0/s1. The molecule has 0 amide bonds. The van der Waals surface area contributed by atoms with Crippen LogP contribution in [0.2, 0.25) is 0 Å². The van der Waals surface area contributed by atoms with Gasteiger partial charge in [-0.3, -0.25) is 4.90 Å². The molecule has 1 saturated heterocycles.